The number of nitrogens with one attached hydrogen (secondary N) is 1. The lowest BCUT2D eigenvalue weighted by Gasteiger charge is -2.47. The van der Waals surface area contributed by atoms with Crippen LogP contribution in [0.3, 0.4) is 0 Å². The SMILES string of the molecule is O=C(CSc1nnc(-c2ccccc2)s1)NC1CC[N+]([O-])(Cc2ccc(Cl)c(Cl)c2)CC1. The number of hydrogen-bond donors (Lipinski definition) is 1. The molecule has 0 bridgehead atoms. The van der Waals surface area contributed by atoms with Gasteiger partial charge >= 0.3 is 0 Å². The first-order valence-corrected chi connectivity index (χ1v) is 12.8. The number of carbonyl (C=O) groups is 1. The number of rotatable bonds is 7. The summed E-state index contributed by atoms with van der Waals surface area (Å²) in [5, 5.41) is 26.3. The Balaban J connectivity index is 1.22. The molecule has 0 saturated carbocycles. The number of nitrogens with zero attached hydrogens (tertiary/aromatic N) is 3. The second kappa shape index (κ2) is 10.5. The van der Waals surface area contributed by atoms with Gasteiger partial charge in [-0.05, 0) is 12.1 Å². The predicted molar refractivity (Wildman–Crippen MR) is 131 cm³/mol. The Morgan fingerprint density at radius 3 is 2.59 bits per heavy atom. The average Bonchev–Trinajstić information content (AvgIpc) is 3.26. The van der Waals surface area contributed by atoms with Crippen LogP contribution in [0, 0.1) is 5.21 Å². The molecule has 10 heteroatoms. The van der Waals surface area contributed by atoms with Crippen molar-refractivity contribution in [2.75, 3.05) is 18.8 Å². The van der Waals surface area contributed by atoms with Crippen molar-refractivity contribution >= 4 is 52.2 Å². The predicted octanol–water partition coefficient (Wildman–Crippen LogP) is 5.40. The lowest BCUT2D eigenvalue weighted by molar-refractivity contribution is -0.898. The summed E-state index contributed by atoms with van der Waals surface area (Å²) in [5.41, 5.74) is 1.89. The van der Waals surface area contributed by atoms with Crippen LogP contribution in [0.1, 0.15) is 18.4 Å². The number of piperidine rings is 1. The minimum absolute atomic E-state index is 0.0198. The highest BCUT2D eigenvalue weighted by atomic mass is 35.5. The molecule has 0 unspecified atom stereocenters. The summed E-state index contributed by atoms with van der Waals surface area (Å²) in [6, 6.07) is 15.2. The number of aromatic nitrogens is 2. The number of thioether (sulfide) groups is 1. The zero-order valence-corrected chi connectivity index (χ0v) is 20.3. The van der Waals surface area contributed by atoms with Crippen molar-refractivity contribution in [1.82, 2.24) is 15.5 Å². The molecule has 1 aliphatic heterocycles. The van der Waals surface area contributed by atoms with Gasteiger partial charge in [0.15, 0.2) is 4.34 Å². The normalized spacial score (nSPS) is 20.8. The monoisotopic (exact) mass is 508 g/mol. The minimum atomic E-state index is -0.313. The number of hydrogen-bond acceptors (Lipinski definition) is 6. The van der Waals surface area contributed by atoms with Crippen LogP contribution in [0.25, 0.3) is 10.6 Å². The van der Waals surface area contributed by atoms with Crippen molar-refractivity contribution in [2.24, 2.45) is 0 Å². The molecule has 1 fully saturated rings. The summed E-state index contributed by atoms with van der Waals surface area (Å²) < 4.78 is 0.450. The van der Waals surface area contributed by atoms with Gasteiger partial charge in [-0.3, -0.25) is 4.79 Å². The Morgan fingerprint density at radius 2 is 1.88 bits per heavy atom. The number of benzene rings is 2. The number of carbonyl (C=O) groups excluding carboxylic acids is 1. The van der Waals surface area contributed by atoms with Crippen molar-refractivity contribution in [2.45, 2.75) is 29.8 Å². The highest BCUT2D eigenvalue weighted by Gasteiger charge is 2.28. The van der Waals surface area contributed by atoms with E-state index < -0.39 is 0 Å². The largest absolute Gasteiger partial charge is 0.633 e. The maximum Gasteiger partial charge on any atom is 0.230 e. The second-order valence-corrected chi connectivity index (χ2v) is 10.8. The molecule has 0 aliphatic carbocycles. The third-order valence-electron chi connectivity index (χ3n) is 5.34. The topological polar surface area (TPSA) is 77.9 Å². The van der Waals surface area contributed by atoms with Gasteiger partial charge in [-0.25, -0.2) is 0 Å². The Bertz CT molecular complexity index is 1070. The maximum absolute atomic E-state index is 13.1. The van der Waals surface area contributed by atoms with Gasteiger partial charge in [0, 0.05) is 30.0 Å². The molecule has 0 radical (unpaired) electrons. The van der Waals surface area contributed by atoms with E-state index in [9.17, 15) is 10.0 Å². The molecule has 2 heterocycles. The molecule has 1 aromatic heterocycles. The quantitative estimate of drug-likeness (QED) is 0.262. The van der Waals surface area contributed by atoms with E-state index in [1.807, 2.05) is 36.4 Å². The maximum atomic E-state index is 13.1. The molecular formula is C22H22Cl2N4O2S2. The molecule has 1 N–H and O–H groups in total. The van der Waals surface area contributed by atoms with E-state index in [0.29, 0.717) is 42.5 Å². The zero-order chi connectivity index (χ0) is 22.6. The molecule has 1 aliphatic rings. The molecule has 1 saturated heterocycles. The van der Waals surface area contributed by atoms with Gasteiger partial charge in [0.1, 0.15) is 11.6 Å². The summed E-state index contributed by atoms with van der Waals surface area (Å²) in [6.45, 7) is 1.26. The van der Waals surface area contributed by atoms with Crippen LogP contribution in [0.15, 0.2) is 52.9 Å². The van der Waals surface area contributed by atoms with Crippen molar-refractivity contribution in [3.8, 4) is 10.6 Å². The summed E-state index contributed by atoms with van der Waals surface area (Å²) in [6.07, 6.45) is 1.30. The molecule has 3 aromatic rings. The molecule has 4 rings (SSSR count). The fourth-order valence-corrected chi connectivity index (χ4v) is 5.66. The lowest BCUT2D eigenvalue weighted by atomic mass is 10.0. The first-order valence-electron chi connectivity index (χ1n) is 10.2. The van der Waals surface area contributed by atoms with E-state index in [0.717, 1.165) is 20.5 Å². The molecule has 168 valence electrons. The van der Waals surface area contributed by atoms with Gasteiger partial charge in [0.2, 0.25) is 5.91 Å². The average molecular weight is 509 g/mol. The first-order chi connectivity index (χ1) is 15.4. The Morgan fingerprint density at radius 1 is 1.12 bits per heavy atom. The van der Waals surface area contributed by atoms with Crippen LogP contribution in [-0.4, -0.2) is 45.6 Å². The summed E-state index contributed by atoms with van der Waals surface area (Å²) in [5.74, 6) is 0.229. The Hall–Kier alpha value is -1.68. The van der Waals surface area contributed by atoms with Crippen LogP contribution in [-0.2, 0) is 11.3 Å². The van der Waals surface area contributed by atoms with E-state index >= 15 is 0 Å². The fourth-order valence-electron chi connectivity index (χ4n) is 3.67. The van der Waals surface area contributed by atoms with E-state index in [4.69, 9.17) is 23.2 Å². The third kappa shape index (κ3) is 6.21. The standard InChI is InChI=1S/C22H22Cl2N4O2S2/c23-18-7-6-15(12-19(18)24)13-28(30)10-8-17(9-11-28)25-20(29)14-31-22-27-26-21(32-22)16-4-2-1-3-5-16/h1-7,12,17H,8-11,13-14H2,(H,25,29). The van der Waals surface area contributed by atoms with Gasteiger partial charge in [-0.1, -0.05) is 82.7 Å². The second-order valence-electron chi connectivity index (χ2n) is 7.78. The van der Waals surface area contributed by atoms with Crippen LogP contribution in [0.4, 0.5) is 0 Å². The van der Waals surface area contributed by atoms with Gasteiger partial charge in [0.05, 0.1) is 28.9 Å². The van der Waals surface area contributed by atoms with Gasteiger partial charge < -0.3 is 15.2 Å². The number of quaternary nitrogens is 1. The van der Waals surface area contributed by atoms with Crippen molar-refractivity contribution in [1.29, 1.82) is 0 Å². The molecule has 1 amide bonds. The molecule has 6 nitrogen and oxygen atoms in total. The molecule has 0 atom stereocenters. The summed E-state index contributed by atoms with van der Waals surface area (Å²) in [4.78, 5) is 12.4. The minimum Gasteiger partial charge on any atom is -0.633 e. The van der Waals surface area contributed by atoms with Crippen molar-refractivity contribution < 1.29 is 9.44 Å². The molecule has 2 aromatic carbocycles. The van der Waals surface area contributed by atoms with E-state index in [1.165, 1.54) is 23.1 Å². The van der Waals surface area contributed by atoms with Crippen molar-refractivity contribution in [3.63, 3.8) is 0 Å². The van der Waals surface area contributed by atoms with Crippen LogP contribution < -0.4 is 5.32 Å². The Labute approximate surface area is 205 Å². The van der Waals surface area contributed by atoms with E-state index in [-0.39, 0.29) is 22.3 Å². The number of hydroxylamine groups is 3. The Kier molecular flexibility index (Phi) is 7.70. The van der Waals surface area contributed by atoms with Gasteiger partial charge in [-0.2, -0.15) is 0 Å². The third-order valence-corrected chi connectivity index (χ3v) is 8.19. The van der Waals surface area contributed by atoms with Crippen LogP contribution >= 0.6 is 46.3 Å². The zero-order valence-electron chi connectivity index (χ0n) is 17.2. The summed E-state index contributed by atoms with van der Waals surface area (Å²) in [7, 11) is 0. The molecular weight excluding hydrogens is 487 g/mol. The van der Waals surface area contributed by atoms with Gasteiger partial charge in [0.25, 0.3) is 0 Å². The first kappa shape index (κ1) is 23.5. The van der Waals surface area contributed by atoms with E-state index in [2.05, 4.69) is 15.5 Å². The lowest BCUT2D eigenvalue weighted by Crippen LogP contribution is -2.52. The fraction of sp³-hybridized carbons (Fsp3) is 0.318. The van der Waals surface area contributed by atoms with Crippen LogP contribution in [0.2, 0.25) is 10.0 Å². The summed E-state index contributed by atoms with van der Waals surface area (Å²) >= 11 is 14.9. The highest BCUT2D eigenvalue weighted by Crippen LogP contribution is 2.29. The highest BCUT2D eigenvalue weighted by molar-refractivity contribution is 8.01. The van der Waals surface area contributed by atoms with Crippen LogP contribution in [0.5, 0.6) is 0 Å². The smallest absolute Gasteiger partial charge is 0.230 e. The molecule has 0 spiro atoms. The number of amides is 1. The van der Waals surface area contributed by atoms with Crippen molar-refractivity contribution in [3.05, 3.63) is 69.3 Å². The van der Waals surface area contributed by atoms with Gasteiger partial charge in [-0.15, -0.1) is 10.2 Å². The molecule has 32 heavy (non-hydrogen) atoms. The van der Waals surface area contributed by atoms with E-state index in [1.54, 1.807) is 12.1 Å². The number of halogens is 2. The number of likely N-dealkylation sites (tertiary alicyclic amines) is 1.